The third-order valence-corrected chi connectivity index (χ3v) is 6.60. The maximum atomic E-state index is 12.5. The van der Waals surface area contributed by atoms with Crippen LogP contribution in [0.1, 0.15) is 35.7 Å². The van der Waals surface area contributed by atoms with Crippen molar-refractivity contribution in [3.63, 3.8) is 0 Å². The Morgan fingerprint density at radius 2 is 1.72 bits per heavy atom. The minimum absolute atomic E-state index is 0.0649. The highest BCUT2D eigenvalue weighted by Gasteiger charge is 2.27. The number of esters is 1. The highest BCUT2D eigenvalue weighted by atomic mass is 32.2. The van der Waals surface area contributed by atoms with Gasteiger partial charge in [0, 0.05) is 13.1 Å². The summed E-state index contributed by atoms with van der Waals surface area (Å²) in [6, 6.07) is 11.2. The molecule has 0 saturated carbocycles. The molecule has 0 amide bonds. The lowest BCUT2D eigenvalue weighted by Gasteiger charge is -2.15. The lowest BCUT2D eigenvalue weighted by atomic mass is 10.2. The van der Waals surface area contributed by atoms with Crippen molar-refractivity contribution < 1.29 is 27.4 Å². The van der Waals surface area contributed by atoms with Crippen molar-refractivity contribution in [1.29, 1.82) is 0 Å². The Labute approximate surface area is 171 Å². The summed E-state index contributed by atoms with van der Waals surface area (Å²) in [6.07, 6.45) is 1.75. The number of benzene rings is 2. The fourth-order valence-electron chi connectivity index (χ4n) is 3.15. The first kappa shape index (κ1) is 21.1. The summed E-state index contributed by atoms with van der Waals surface area (Å²) in [5.74, 6) is 0.666. The molecule has 2 aromatic rings. The van der Waals surface area contributed by atoms with E-state index in [0.717, 1.165) is 18.4 Å². The van der Waals surface area contributed by atoms with Crippen LogP contribution in [0.2, 0.25) is 0 Å². The highest BCUT2D eigenvalue weighted by molar-refractivity contribution is 7.89. The Morgan fingerprint density at radius 1 is 1.03 bits per heavy atom. The second kappa shape index (κ2) is 9.28. The average molecular weight is 419 g/mol. The van der Waals surface area contributed by atoms with E-state index >= 15 is 0 Å². The quantitative estimate of drug-likeness (QED) is 0.611. The Hall–Kier alpha value is -2.58. The SMILES string of the molecule is CCOc1ccc(COC(=O)c2ccc(S(=O)(=O)N3CCCC3)cc2)cc1OC. The molecule has 1 aliphatic heterocycles. The van der Waals surface area contributed by atoms with Gasteiger partial charge in [0.15, 0.2) is 11.5 Å². The minimum Gasteiger partial charge on any atom is -0.493 e. The van der Waals surface area contributed by atoms with E-state index in [4.69, 9.17) is 14.2 Å². The lowest BCUT2D eigenvalue weighted by molar-refractivity contribution is 0.0472. The van der Waals surface area contributed by atoms with Gasteiger partial charge >= 0.3 is 5.97 Å². The summed E-state index contributed by atoms with van der Waals surface area (Å²) < 4.78 is 42.7. The number of carbonyl (C=O) groups is 1. The van der Waals surface area contributed by atoms with Gasteiger partial charge in [0.05, 0.1) is 24.2 Å². The van der Waals surface area contributed by atoms with Gasteiger partial charge in [-0.1, -0.05) is 6.07 Å². The average Bonchev–Trinajstić information content (AvgIpc) is 3.29. The zero-order valence-electron chi connectivity index (χ0n) is 16.6. The number of hydrogen-bond acceptors (Lipinski definition) is 6. The normalized spacial score (nSPS) is 14.6. The maximum Gasteiger partial charge on any atom is 0.338 e. The van der Waals surface area contributed by atoms with Gasteiger partial charge in [0.25, 0.3) is 0 Å². The van der Waals surface area contributed by atoms with Crippen LogP contribution in [0.3, 0.4) is 0 Å². The lowest BCUT2D eigenvalue weighted by Crippen LogP contribution is -2.27. The van der Waals surface area contributed by atoms with Gasteiger partial charge in [-0.15, -0.1) is 0 Å². The van der Waals surface area contributed by atoms with Crippen LogP contribution in [0.15, 0.2) is 47.4 Å². The summed E-state index contributed by atoms with van der Waals surface area (Å²) in [5.41, 5.74) is 1.05. The van der Waals surface area contributed by atoms with Crippen LogP contribution >= 0.6 is 0 Å². The van der Waals surface area contributed by atoms with Crippen molar-refractivity contribution in [3.8, 4) is 11.5 Å². The van der Waals surface area contributed by atoms with Crippen LogP contribution in [-0.2, 0) is 21.4 Å². The molecule has 29 heavy (non-hydrogen) atoms. The maximum absolute atomic E-state index is 12.5. The molecule has 1 heterocycles. The van der Waals surface area contributed by atoms with E-state index < -0.39 is 16.0 Å². The fourth-order valence-corrected chi connectivity index (χ4v) is 4.67. The predicted octanol–water partition coefficient (Wildman–Crippen LogP) is 3.24. The van der Waals surface area contributed by atoms with Crippen molar-refractivity contribution in [2.45, 2.75) is 31.3 Å². The number of hydrogen-bond donors (Lipinski definition) is 0. The molecule has 1 aliphatic rings. The Kier molecular flexibility index (Phi) is 6.76. The molecule has 0 spiro atoms. The zero-order chi connectivity index (χ0) is 20.9. The molecule has 0 bridgehead atoms. The van der Waals surface area contributed by atoms with Crippen LogP contribution in [-0.4, -0.2) is 45.5 Å². The van der Waals surface area contributed by atoms with Gasteiger partial charge in [0.1, 0.15) is 6.61 Å². The van der Waals surface area contributed by atoms with E-state index in [1.807, 2.05) is 6.92 Å². The van der Waals surface area contributed by atoms with Crippen molar-refractivity contribution in [1.82, 2.24) is 4.31 Å². The molecule has 1 saturated heterocycles. The van der Waals surface area contributed by atoms with E-state index in [0.29, 0.717) is 36.8 Å². The van der Waals surface area contributed by atoms with Crippen LogP contribution in [0.25, 0.3) is 0 Å². The summed E-state index contributed by atoms with van der Waals surface area (Å²) in [6.45, 7) is 3.55. The second-order valence-electron chi connectivity index (χ2n) is 6.63. The van der Waals surface area contributed by atoms with E-state index in [1.54, 1.807) is 25.3 Å². The summed E-state index contributed by atoms with van der Waals surface area (Å²) >= 11 is 0. The van der Waals surface area contributed by atoms with Crippen molar-refractivity contribution >= 4 is 16.0 Å². The molecule has 156 valence electrons. The number of ether oxygens (including phenoxy) is 3. The van der Waals surface area contributed by atoms with Gasteiger partial charge in [-0.3, -0.25) is 0 Å². The standard InChI is InChI=1S/C21H25NO6S/c1-3-27-19-11-6-16(14-20(19)26-2)15-28-21(23)17-7-9-18(10-8-17)29(24,25)22-12-4-5-13-22/h6-11,14H,3-5,12-13,15H2,1-2H3. The third kappa shape index (κ3) is 4.89. The molecule has 0 N–H and O–H groups in total. The van der Waals surface area contributed by atoms with Gasteiger partial charge in [-0.05, 0) is 61.7 Å². The van der Waals surface area contributed by atoms with Crippen LogP contribution in [0.4, 0.5) is 0 Å². The number of carbonyl (C=O) groups excluding carboxylic acids is 1. The molecule has 0 aromatic heterocycles. The smallest absolute Gasteiger partial charge is 0.338 e. The summed E-state index contributed by atoms with van der Waals surface area (Å²) in [7, 11) is -1.95. The molecule has 1 fully saturated rings. The first-order valence-electron chi connectivity index (χ1n) is 9.52. The van der Waals surface area contributed by atoms with Crippen molar-refractivity contribution in [2.75, 3.05) is 26.8 Å². The molecular weight excluding hydrogens is 394 g/mol. The van der Waals surface area contributed by atoms with Gasteiger partial charge < -0.3 is 14.2 Å². The molecule has 0 unspecified atom stereocenters. The number of methoxy groups -OCH3 is 1. The third-order valence-electron chi connectivity index (χ3n) is 4.69. The summed E-state index contributed by atoms with van der Waals surface area (Å²) in [4.78, 5) is 12.5. The van der Waals surface area contributed by atoms with Crippen molar-refractivity contribution in [3.05, 3.63) is 53.6 Å². The zero-order valence-corrected chi connectivity index (χ0v) is 17.4. The highest BCUT2D eigenvalue weighted by Crippen LogP contribution is 2.28. The van der Waals surface area contributed by atoms with E-state index in [-0.39, 0.29) is 11.5 Å². The molecular formula is C21H25NO6S. The van der Waals surface area contributed by atoms with Crippen molar-refractivity contribution in [2.24, 2.45) is 0 Å². The Balaban J connectivity index is 1.64. The largest absolute Gasteiger partial charge is 0.493 e. The van der Waals surface area contributed by atoms with Crippen LogP contribution in [0.5, 0.6) is 11.5 Å². The second-order valence-corrected chi connectivity index (χ2v) is 8.57. The summed E-state index contributed by atoms with van der Waals surface area (Å²) in [5, 5.41) is 0. The van der Waals surface area contributed by atoms with Gasteiger partial charge in [-0.2, -0.15) is 4.31 Å². The molecule has 0 aliphatic carbocycles. The minimum atomic E-state index is -3.50. The Morgan fingerprint density at radius 3 is 2.34 bits per heavy atom. The number of sulfonamides is 1. The number of rotatable bonds is 8. The monoisotopic (exact) mass is 419 g/mol. The fraction of sp³-hybridized carbons (Fsp3) is 0.381. The van der Waals surface area contributed by atoms with E-state index in [2.05, 4.69) is 0 Å². The molecule has 0 radical (unpaired) electrons. The molecule has 3 rings (SSSR count). The first-order chi connectivity index (χ1) is 14.0. The molecule has 2 aromatic carbocycles. The Bertz CT molecular complexity index is 950. The van der Waals surface area contributed by atoms with Gasteiger partial charge in [-0.25, -0.2) is 13.2 Å². The van der Waals surface area contributed by atoms with E-state index in [1.165, 1.54) is 28.6 Å². The molecule has 8 heteroatoms. The van der Waals surface area contributed by atoms with Crippen LogP contribution in [0, 0.1) is 0 Å². The first-order valence-corrected chi connectivity index (χ1v) is 11.0. The molecule has 0 atom stereocenters. The van der Waals surface area contributed by atoms with Crippen LogP contribution < -0.4 is 9.47 Å². The predicted molar refractivity (Wildman–Crippen MR) is 108 cm³/mol. The topological polar surface area (TPSA) is 82.1 Å². The van der Waals surface area contributed by atoms with E-state index in [9.17, 15) is 13.2 Å². The number of nitrogens with zero attached hydrogens (tertiary/aromatic N) is 1. The molecule has 7 nitrogen and oxygen atoms in total. The van der Waals surface area contributed by atoms with Gasteiger partial charge in [0.2, 0.25) is 10.0 Å².